The standard InChI is InChI=1S/C15H14F3N/c1-10-5-4-6-11(9-10)14(19)12-7-2-3-8-13(12)15(16,17)18/h2-9,14H,19H2,1H3. The molecule has 0 saturated carbocycles. The van der Waals surface area contributed by atoms with E-state index in [0.29, 0.717) is 5.56 Å². The van der Waals surface area contributed by atoms with E-state index < -0.39 is 17.8 Å². The summed E-state index contributed by atoms with van der Waals surface area (Å²) >= 11 is 0. The first kappa shape index (κ1) is 13.6. The Hall–Kier alpha value is -1.81. The Morgan fingerprint density at radius 3 is 2.32 bits per heavy atom. The Morgan fingerprint density at radius 1 is 1.00 bits per heavy atom. The van der Waals surface area contributed by atoms with Crippen molar-refractivity contribution < 1.29 is 13.2 Å². The van der Waals surface area contributed by atoms with Crippen LogP contribution in [0.4, 0.5) is 13.2 Å². The van der Waals surface area contributed by atoms with E-state index in [-0.39, 0.29) is 5.56 Å². The Morgan fingerprint density at radius 2 is 1.68 bits per heavy atom. The lowest BCUT2D eigenvalue weighted by Crippen LogP contribution is -2.18. The van der Waals surface area contributed by atoms with Gasteiger partial charge in [-0.1, -0.05) is 48.0 Å². The van der Waals surface area contributed by atoms with Crippen LogP contribution in [0.1, 0.15) is 28.3 Å². The average molecular weight is 265 g/mol. The van der Waals surface area contributed by atoms with Gasteiger partial charge in [0.25, 0.3) is 0 Å². The highest BCUT2D eigenvalue weighted by Crippen LogP contribution is 2.35. The third kappa shape index (κ3) is 2.96. The monoisotopic (exact) mass is 265 g/mol. The topological polar surface area (TPSA) is 26.0 Å². The second kappa shape index (κ2) is 5.05. The summed E-state index contributed by atoms with van der Waals surface area (Å²) in [5.74, 6) is 0. The normalized spacial score (nSPS) is 13.3. The number of alkyl halides is 3. The van der Waals surface area contributed by atoms with Crippen molar-refractivity contribution in [3.63, 3.8) is 0 Å². The average Bonchev–Trinajstić information content (AvgIpc) is 2.37. The van der Waals surface area contributed by atoms with Gasteiger partial charge in [0.05, 0.1) is 11.6 Å². The molecule has 1 atom stereocenters. The maximum Gasteiger partial charge on any atom is 0.416 e. The summed E-state index contributed by atoms with van der Waals surface area (Å²) in [5, 5.41) is 0. The summed E-state index contributed by atoms with van der Waals surface area (Å²) in [6.07, 6.45) is -4.39. The van der Waals surface area contributed by atoms with Crippen LogP contribution >= 0.6 is 0 Å². The number of rotatable bonds is 2. The summed E-state index contributed by atoms with van der Waals surface area (Å²) in [4.78, 5) is 0. The zero-order valence-corrected chi connectivity index (χ0v) is 10.4. The maximum absolute atomic E-state index is 12.9. The van der Waals surface area contributed by atoms with Gasteiger partial charge in [0.2, 0.25) is 0 Å². The van der Waals surface area contributed by atoms with Crippen LogP contribution in [0.5, 0.6) is 0 Å². The molecule has 0 radical (unpaired) electrons. The van der Waals surface area contributed by atoms with Crippen LogP contribution in [0.3, 0.4) is 0 Å². The molecule has 0 aromatic heterocycles. The van der Waals surface area contributed by atoms with Crippen molar-refractivity contribution in [2.75, 3.05) is 0 Å². The van der Waals surface area contributed by atoms with Gasteiger partial charge < -0.3 is 5.73 Å². The Kier molecular flexibility index (Phi) is 3.62. The highest BCUT2D eigenvalue weighted by atomic mass is 19.4. The molecular weight excluding hydrogens is 251 g/mol. The number of halogens is 3. The largest absolute Gasteiger partial charge is 0.416 e. The van der Waals surface area contributed by atoms with Gasteiger partial charge in [-0.25, -0.2) is 0 Å². The van der Waals surface area contributed by atoms with Crippen molar-refractivity contribution in [2.24, 2.45) is 5.73 Å². The molecule has 1 nitrogen and oxygen atoms in total. The van der Waals surface area contributed by atoms with E-state index in [0.717, 1.165) is 11.6 Å². The summed E-state index contributed by atoms with van der Waals surface area (Å²) < 4.78 is 38.8. The van der Waals surface area contributed by atoms with Crippen LogP contribution < -0.4 is 5.73 Å². The molecule has 0 saturated heterocycles. The second-order valence-corrected chi connectivity index (χ2v) is 4.48. The molecule has 19 heavy (non-hydrogen) atoms. The van der Waals surface area contributed by atoms with Crippen molar-refractivity contribution >= 4 is 0 Å². The zero-order valence-electron chi connectivity index (χ0n) is 10.4. The molecule has 1 unspecified atom stereocenters. The van der Waals surface area contributed by atoms with Crippen molar-refractivity contribution in [3.8, 4) is 0 Å². The van der Waals surface area contributed by atoms with Crippen LogP contribution in [0.25, 0.3) is 0 Å². The molecule has 0 aliphatic heterocycles. The minimum Gasteiger partial charge on any atom is -0.320 e. The highest BCUT2D eigenvalue weighted by molar-refractivity contribution is 5.39. The highest BCUT2D eigenvalue weighted by Gasteiger charge is 2.34. The number of aryl methyl sites for hydroxylation is 1. The molecule has 0 amide bonds. The summed E-state index contributed by atoms with van der Waals surface area (Å²) in [7, 11) is 0. The lowest BCUT2D eigenvalue weighted by Gasteiger charge is -2.18. The van der Waals surface area contributed by atoms with Gasteiger partial charge >= 0.3 is 6.18 Å². The molecule has 0 fully saturated rings. The lowest BCUT2D eigenvalue weighted by atomic mass is 9.94. The third-order valence-corrected chi connectivity index (χ3v) is 3.00. The van der Waals surface area contributed by atoms with Gasteiger partial charge in [-0.2, -0.15) is 13.2 Å². The molecule has 2 rings (SSSR count). The van der Waals surface area contributed by atoms with E-state index in [1.165, 1.54) is 12.1 Å². The third-order valence-electron chi connectivity index (χ3n) is 3.00. The first-order valence-electron chi connectivity index (χ1n) is 5.88. The molecule has 0 aliphatic carbocycles. The van der Waals surface area contributed by atoms with Gasteiger partial charge in [0.15, 0.2) is 0 Å². The fourth-order valence-electron chi connectivity index (χ4n) is 2.07. The summed E-state index contributed by atoms with van der Waals surface area (Å²) in [5.41, 5.74) is 7.05. The number of benzene rings is 2. The molecule has 0 bridgehead atoms. The first-order chi connectivity index (χ1) is 8.89. The summed E-state index contributed by atoms with van der Waals surface area (Å²) in [6.45, 7) is 1.88. The van der Waals surface area contributed by atoms with Gasteiger partial charge in [0, 0.05) is 0 Å². The number of nitrogens with two attached hydrogens (primary N) is 1. The molecule has 0 spiro atoms. The zero-order chi connectivity index (χ0) is 14.0. The number of hydrogen-bond donors (Lipinski definition) is 1. The fourth-order valence-corrected chi connectivity index (χ4v) is 2.07. The molecular formula is C15H14F3N. The quantitative estimate of drug-likeness (QED) is 0.870. The van der Waals surface area contributed by atoms with E-state index in [1.807, 2.05) is 13.0 Å². The minimum atomic E-state index is -4.39. The van der Waals surface area contributed by atoms with Crippen molar-refractivity contribution in [1.82, 2.24) is 0 Å². The van der Waals surface area contributed by atoms with E-state index in [1.54, 1.807) is 24.3 Å². The first-order valence-corrected chi connectivity index (χ1v) is 5.88. The van der Waals surface area contributed by atoms with Crippen molar-refractivity contribution in [2.45, 2.75) is 19.1 Å². The summed E-state index contributed by atoms with van der Waals surface area (Å²) in [6, 6.07) is 11.9. The van der Waals surface area contributed by atoms with Gasteiger partial charge in [-0.3, -0.25) is 0 Å². The fraction of sp³-hybridized carbons (Fsp3) is 0.200. The lowest BCUT2D eigenvalue weighted by molar-refractivity contribution is -0.138. The van der Waals surface area contributed by atoms with Gasteiger partial charge in [-0.05, 0) is 24.1 Å². The molecule has 2 N–H and O–H groups in total. The van der Waals surface area contributed by atoms with Gasteiger partial charge in [-0.15, -0.1) is 0 Å². The van der Waals surface area contributed by atoms with Crippen LogP contribution in [-0.2, 0) is 6.18 Å². The van der Waals surface area contributed by atoms with Crippen LogP contribution in [-0.4, -0.2) is 0 Å². The molecule has 4 heteroatoms. The molecule has 100 valence electrons. The smallest absolute Gasteiger partial charge is 0.320 e. The minimum absolute atomic E-state index is 0.0978. The Labute approximate surface area is 109 Å². The molecule has 2 aromatic rings. The van der Waals surface area contributed by atoms with Crippen molar-refractivity contribution in [1.29, 1.82) is 0 Å². The molecule has 0 heterocycles. The predicted octanol–water partition coefficient (Wildman–Crippen LogP) is 4.06. The van der Waals surface area contributed by atoms with Gasteiger partial charge in [0.1, 0.15) is 0 Å². The van der Waals surface area contributed by atoms with E-state index >= 15 is 0 Å². The van der Waals surface area contributed by atoms with Crippen LogP contribution in [0.2, 0.25) is 0 Å². The SMILES string of the molecule is Cc1cccc(C(N)c2ccccc2C(F)(F)F)c1. The molecule has 0 aliphatic rings. The van der Waals surface area contributed by atoms with E-state index in [9.17, 15) is 13.2 Å². The molecule has 2 aromatic carbocycles. The van der Waals surface area contributed by atoms with Crippen LogP contribution in [0, 0.1) is 6.92 Å². The predicted molar refractivity (Wildman–Crippen MR) is 68.7 cm³/mol. The van der Waals surface area contributed by atoms with Crippen molar-refractivity contribution in [3.05, 3.63) is 70.8 Å². The Bertz CT molecular complexity index is 576. The van der Waals surface area contributed by atoms with Crippen LogP contribution in [0.15, 0.2) is 48.5 Å². The number of hydrogen-bond acceptors (Lipinski definition) is 1. The van der Waals surface area contributed by atoms with E-state index in [4.69, 9.17) is 5.73 Å². The second-order valence-electron chi connectivity index (χ2n) is 4.48. The maximum atomic E-state index is 12.9. The van der Waals surface area contributed by atoms with E-state index in [2.05, 4.69) is 0 Å². The Balaban J connectivity index is 2.48.